The Morgan fingerprint density at radius 3 is 2.52 bits per heavy atom. The maximum Gasteiger partial charge on any atom is 0.255 e. The van der Waals surface area contributed by atoms with Gasteiger partial charge in [-0.25, -0.2) is 4.98 Å². The van der Waals surface area contributed by atoms with Gasteiger partial charge in [-0.3, -0.25) is 4.79 Å². The molecule has 3 N–H and O–H groups in total. The number of aromatic nitrogens is 2. The summed E-state index contributed by atoms with van der Waals surface area (Å²) in [5, 5.41) is 0. The lowest BCUT2D eigenvalue weighted by atomic mass is 9.73. The Morgan fingerprint density at radius 1 is 1.24 bits per heavy atom. The number of nitrogens with zero attached hydrogens (tertiary/aromatic N) is 1. The summed E-state index contributed by atoms with van der Waals surface area (Å²) in [7, 11) is 0. The molecule has 110 valence electrons. The molecule has 0 saturated carbocycles. The lowest BCUT2D eigenvalue weighted by molar-refractivity contribution is 0.0604. The van der Waals surface area contributed by atoms with E-state index in [1.54, 1.807) is 6.92 Å². The average Bonchev–Trinajstić information content (AvgIpc) is 2.53. The predicted octanol–water partition coefficient (Wildman–Crippen LogP) is 1.76. The molecule has 1 aromatic carbocycles. The third-order valence-electron chi connectivity index (χ3n) is 4.32. The van der Waals surface area contributed by atoms with Crippen molar-refractivity contribution in [2.75, 3.05) is 18.9 Å². The van der Waals surface area contributed by atoms with Gasteiger partial charge in [0, 0.05) is 13.2 Å². The molecule has 0 aliphatic carbocycles. The highest BCUT2D eigenvalue weighted by atomic mass is 16.5. The van der Waals surface area contributed by atoms with Crippen molar-refractivity contribution in [2.45, 2.75) is 25.2 Å². The van der Waals surface area contributed by atoms with E-state index < -0.39 is 0 Å². The first-order valence-electron chi connectivity index (χ1n) is 7.14. The van der Waals surface area contributed by atoms with Crippen molar-refractivity contribution >= 4 is 5.82 Å². The topological polar surface area (TPSA) is 81.0 Å². The Bertz CT molecular complexity index is 688. The summed E-state index contributed by atoms with van der Waals surface area (Å²) >= 11 is 0. The first-order chi connectivity index (χ1) is 10.1. The molecule has 1 saturated heterocycles. The largest absolute Gasteiger partial charge is 0.383 e. The quantitative estimate of drug-likeness (QED) is 0.881. The first-order valence-corrected chi connectivity index (χ1v) is 7.14. The van der Waals surface area contributed by atoms with Crippen LogP contribution in [0.3, 0.4) is 0 Å². The average molecular weight is 285 g/mol. The van der Waals surface area contributed by atoms with Crippen LogP contribution in [0.15, 0.2) is 35.1 Å². The minimum absolute atomic E-state index is 0.167. The minimum Gasteiger partial charge on any atom is -0.383 e. The van der Waals surface area contributed by atoms with Crippen LogP contribution in [-0.2, 0) is 10.2 Å². The van der Waals surface area contributed by atoms with Gasteiger partial charge in [-0.1, -0.05) is 30.3 Å². The Labute approximate surface area is 123 Å². The SMILES string of the molecule is Cc1c(N)nc(C2(c3ccccc3)CCOCC2)[nH]c1=O. The van der Waals surface area contributed by atoms with E-state index in [2.05, 4.69) is 22.1 Å². The van der Waals surface area contributed by atoms with Gasteiger partial charge in [0.25, 0.3) is 5.56 Å². The molecule has 1 aromatic heterocycles. The lowest BCUT2D eigenvalue weighted by Crippen LogP contribution is -2.38. The molecule has 2 heterocycles. The van der Waals surface area contributed by atoms with Gasteiger partial charge in [0.2, 0.25) is 0 Å². The Morgan fingerprint density at radius 2 is 1.90 bits per heavy atom. The second-order valence-electron chi connectivity index (χ2n) is 5.49. The van der Waals surface area contributed by atoms with Gasteiger partial charge in [-0.2, -0.15) is 0 Å². The van der Waals surface area contributed by atoms with Crippen molar-refractivity contribution < 1.29 is 4.74 Å². The van der Waals surface area contributed by atoms with Gasteiger partial charge in [-0.05, 0) is 25.3 Å². The van der Waals surface area contributed by atoms with Gasteiger partial charge >= 0.3 is 0 Å². The van der Waals surface area contributed by atoms with Crippen LogP contribution in [0.2, 0.25) is 0 Å². The number of benzene rings is 1. The Kier molecular flexibility index (Phi) is 3.51. The Hall–Kier alpha value is -2.14. The number of H-pyrrole nitrogens is 1. The summed E-state index contributed by atoms with van der Waals surface area (Å²) in [4.78, 5) is 19.5. The van der Waals surface area contributed by atoms with Crippen LogP contribution in [0.5, 0.6) is 0 Å². The summed E-state index contributed by atoms with van der Waals surface area (Å²) in [5.74, 6) is 0.945. The fourth-order valence-electron chi connectivity index (χ4n) is 2.92. The number of anilines is 1. The molecule has 1 aliphatic rings. The molecule has 5 heteroatoms. The molecule has 0 amide bonds. The summed E-state index contributed by atoms with van der Waals surface area (Å²) in [6.07, 6.45) is 1.56. The standard InChI is InChI=1S/C16H19N3O2/c1-11-13(17)18-15(19-14(11)20)16(7-9-21-10-8-16)12-5-3-2-4-6-12/h2-6H,7-10H2,1H3,(H3,17,18,19,20). The minimum atomic E-state index is -0.333. The van der Waals surface area contributed by atoms with Crippen LogP contribution in [0, 0.1) is 6.92 Å². The van der Waals surface area contributed by atoms with Crippen LogP contribution in [0.25, 0.3) is 0 Å². The summed E-state index contributed by atoms with van der Waals surface area (Å²) < 4.78 is 5.50. The van der Waals surface area contributed by atoms with E-state index in [1.807, 2.05) is 18.2 Å². The predicted molar refractivity (Wildman–Crippen MR) is 81.3 cm³/mol. The zero-order chi connectivity index (χ0) is 14.9. The molecule has 3 rings (SSSR count). The van der Waals surface area contributed by atoms with Gasteiger partial charge < -0.3 is 15.5 Å². The molecule has 0 spiro atoms. The highest BCUT2D eigenvalue weighted by Crippen LogP contribution is 2.39. The van der Waals surface area contributed by atoms with E-state index in [1.165, 1.54) is 0 Å². The third kappa shape index (κ3) is 2.34. The first kappa shape index (κ1) is 13.8. The molecular formula is C16H19N3O2. The number of nitrogens with two attached hydrogens (primary N) is 1. The molecule has 5 nitrogen and oxygen atoms in total. The lowest BCUT2D eigenvalue weighted by Gasteiger charge is -2.36. The van der Waals surface area contributed by atoms with E-state index in [9.17, 15) is 4.79 Å². The summed E-state index contributed by atoms with van der Waals surface area (Å²) in [6, 6.07) is 10.1. The van der Waals surface area contributed by atoms with Crippen molar-refractivity contribution in [2.24, 2.45) is 0 Å². The molecule has 0 atom stereocenters. The number of ether oxygens (including phenoxy) is 1. The maximum atomic E-state index is 12.1. The summed E-state index contributed by atoms with van der Waals surface area (Å²) in [6.45, 7) is 2.98. The number of nitrogens with one attached hydrogen (secondary N) is 1. The Balaban J connectivity index is 2.19. The van der Waals surface area contributed by atoms with E-state index in [0.29, 0.717) is 30.4 Å². The molecule has 0 radical (unpaired) electrons. The smallest absolute Gasteiger partial charge is 0.255 e. The van der Waals surface area contributed by atoms with E-state index in [-0.39, 0.29) is 11.0 Å². The zero-order valence-corrected chi connectivity index (χ0v) is 12.1. The maximum absolute atomic E-state index is 12.1. The van der Waals surface area contributed by atoms with Crippen LogP contribution >= 0.6 is 0 Å². The molecule has 2 aromatic rings. The molecular weight excluding hydrogens is 266 g/mol. The number of rotatable bonds is 2. The van der Waals surface area contributed by atoms with Crippen molar-refractivity contribution in [3.63, 3.8) is 0 Å². The monoisotopic (exact) mass is 285 g/mol. The number of nitrogen functional groups attached to an aromatic ring is 1. The van der Waals surface area contributed by atoms with Crippen LogP contribution in [0.4, 0.5) is 5.82 Å². The van der Waals surface area contributed by atoms with Gasteiger partial charge in [-0.15, -0.1) is 0 Å². The number of aromatic amines is 1. The van der Waals surface area contributed by atoms with Gasteiger partial charge in [0.05, 0.1) is 11.0 Å². The second-order valence-corrected chi connectivity index (χ2v) is 5.49. The van der Waals surface area contributed by atoms with Crippen LogP contribution in [0.1, 0.15) is 29.8 Å². The number of hydrogen-bond acceptors (Lipinski definition) is 4. The fourth-order valence-corrected chi connectivity index (χ4v) is 2.92. The van der Waals surface area contributed by atoms with Crippen LogP contribution in [-0.4, -0.2) is 23.2 Å². The number of hydrogen-bond donors (Lipinski definition) is 2. The highest BCUT2D eigenvalue weighted by Gasteiger charge is 2.38. The second kappa shape index (κ2) is 5.33. The molecule has 21 heavy (non-hydrogen) atoms. The van der Waals surface area contributed by atoms with Gasteiger partial charge in [0.15, 0.2) is 0 Å². The van der Waals surface area contributed by atoms with Crippen LogP contribution < -0.4 is 11.3 Å². The molecule has 1 aliphatic heterocycles. The highest BCUT2D eigenvalue weighted by molar-refractivity contribution is 5.40. The van der Waals surface area contributed by atoms with Gasteiger partial charge in [0.1, 0.15) is 11.6 Å². The van der Waals surface area contributed by atoms with E-state index >= 15 is 0 Å². The van der Waals surface area contributed by atoms with Crippen molar-refractivity contribution in [1.29, 1.82) is 0 Å². The van der Waals surface area contributed by atoms with E-state index in [0.717, 1.165) is 18.4 Å². The van der Waals surface area contributed by atoms with Crippen molar-refractivity contribution in [3.8, 4) is 0 Å². The van der Waals surface area contributed by atoms with Crippen molar-refractivity contribution in [3.05, 3.63) is 57.6 Å². The zero-order valence-electron chi connectivity index (χ0n) is 12.1. The normalized spacial score (nSPS) is 17.6. The van der Waals surface area contributed by atoms with Crippen molar-refractivity contribution in [1.82, 2.24) is 9.97 Å². The third-order valence-corrected chi connectivity index (χ3v) is 4.32. The molecule has 0 bridgehead atoms. The fraction of sp³-hybridized carbons (Fsp3) is 0.375. The summed E-state index contributed by atoms with van der Waals surface area (Å²) in [5.41, 5.74) is 7.01. The molecule has 1 fully saturated rings. The molecule has 0 unspecified atom stereocenters. The van der Waals surface area contributed by atoms with E-state index in [4.69, 9.17) is 10.5 Å².